The van der Waals surface area contributed by atoms with E-state index in [1.54, 1.807) is 0 Å². The molecule has 0 radical (unpaired) electrons. The maximum atomic E-state index is 4.78. The summed E-state index contributed by atoms with van der Waals surface area (Å²) in [4.78, 5) is 11.9. The molecule has 53 heavy (non-hydrogen) atoms. The van der Waals surface area contributed by atoms with Crippen LogP contribution >= 0.6 is 0 Å². The Morgan fingerprint density at radius 3 is 1.25 bits per heavy atom. The molecule has 0 amide bonds. The van der Waals surface area contributed by atoms with E-state index >= 15 is 0 Å². The quantitative estimate of drug-likeness (QED) is 0.164. The predicted molar refractivity (Wildman–Crippen MR) is 223 cm³/mol. The van der Waals surface area contributed by atoms with E-state index in [2.05, 4.69) is 181 Å². The Bertz CT molecular complexity index is 2810. The third-order valence-electron chi connectivity index (χ3n) is 10.3. The second-order valence-corrected chi connectivity index (χ2v) is 13.5. The van der Waals surface area contributed by atoms with Gasteiger partial charge in [0.25, 0.3) is 0 Å². The maximum absolute atomic E-state index is 4.78. The molecule has 10 aromatic rings. The molecule has 2 heterocycles. The third kappa shape index (κ3) is 5.75. The van der Waals surface area contributed by atoms with E-state index in [4.69, 9.17) is 9.97 Å². The minimum absolute atomic E-state index is 0.960. The molecule has 0 N–H and O–H groups in total. The number of aromatic nitrogens is 2. The lowest BCUT2D eigenvalue weighted by atomic mass is 9.97. The van der Waals surface area contributed by atoms with E-state index in [0.29, 0.717) is 0 Å². The summed E-state index contributed by atoms with van der Waals surface area (Å²) in [6, 6.07) is 67.2. The second kappa shape index (κ2) is 12.9. The molecule has 248 valence electrons. The van der Waals surface area contributed by atoms with Gasteiger partial charge in [-0.15, -0.1) is 0 Å². The lowest BCUT2D eigenvalue weighted by molar-refractivity contribution is 1.28. The first-order chi connectivity index (χ1) is 26.2. The molecule has 0 saturated carbocycles. The minimum atomic E-state index is 0.960. The number of fused-ring (bicyclic) bond motifs is 5. The lowest BCUT2D eigenvalue weighted by Gasteiger charge is -2.26. The van der Waals surface area contributed by atoms with Crippen LogP contribution < -0.4 is 4.90 Å². The van der Waals surface area contributed by atoms with Crippen molar-refractivity contribution in [2.75, 3.05) is 4.90 Å². The van der Waals surface area contributed by atoms with Crippen LogP contribution in [-0.2, 0) is 0 Å². The Labute approximate surface area is 308 Å². The molecule has 0 aliphatic rings. The van der Waals surface area contributed by atoms with Crippen molar-refractivity contribution in [1.82, 2.24) is 9.97 Å². The standard InChI is InChI=1S/C50H33N3/c1-3-10-42-32-51-49(30-38(42)8-1)36-17-24-45(25-18-36)53(46-26-19-37(20-27-46)50-31-39-9-2-4-11-43(39)33-52-50)44-22-15-34(16-23-44)40-21-28-48-41(29-40)14-13-35-7-5-6-12-47(35)48/h1-33H. The van der Waals surface area contributed by atoms with Gasteiger partial charge in [0.05, 0.1) is 11.4 Å². The number of hydrogen-bond acceptors (Lipinski definition) is 3. The van der Waals surface area contributed by atoms with Gasteiger partial charge in [-0.2, -0.15) is 0 Å². The summed E-state index contributed by atoms with van der Waals surface area (Å²) >= 11 is 0. The van der Waals surface area contributed by atoms with Crippen LogP contribution in [0.2, 0.25) is 0 Å². The Morgan fingerprint density at radius 2 is 0.698 bits per heavy atom. The maximum Gasteiger partial charge on any atom is 0.0708 e. The summed E-state index contributed by atoms with van der Waals surface area (Å²) in [5, 5.41) is 9.72. The molecule has 3 heteroatoms. The van der Waals surface area contributed by atoms with Gasteiger partial charge in [0.2, 0.25) is 0 Å². The zero-order valence-corrected chi connectivity index (χ0v) is 28.9. The summed E-state index contributed by atoms with van der Waals surface area (Å²) in [6.45, 7) is 0. The van der Waals surface area contributed by atoms with Gasteiger partial charge in [-0.3, -0.25) is 9.97 Å². The number of hydrogen-bond donors (Lipinski definition) is 0. The van der Waals surface area contributed by atoms with Gasteiger partial charge in [-0.05, 0) is 98.0 Å². The second-order valence-electron chi connectivity index (χ2n) is 13.5. The Kier molecular flexibility index (Phi) is 7.47. The fourth-order valence-electron chi connectivity index (χ4n) is 7.49. The molecular weight excluding hydrogens is 643 g/mol. The number of pyridine rings is 2. The van der Waals surface area contributed by atoms with Gasteiger partial charge in [-0.25, -0.2) is 0 Å². The van der Waals surface area contributed by atoms with Crippen LogP contribution in [0.1, 0.15) is 0 Å². The van der Waals surface area contributed by atoms with Crippen molar-refractivity contribution in [3.63, 3.8) is 0 Å². The van der Waals surface area contributed by atoms with Gasteiger partial charge in [0.15, 0.2) is 0 Å². The average molecular weight is 676 g/mol. The Hall–Kier alpha value is -7.10. The minimum Gasteiger partial charge on any atom is -0.311 e. The molecular formula is C50H33N3. The number of anilines is 3. The molecule has 0 fully saturated rings. The lowest BCUT2D eigenvalue weighted by Crippen LogP contribution is -2.09. The van der Waals surface area contributed by atoms with E-state index in [-0.39, 0.29) is 0 Å². The zero-order chi connectivity index (χ0) is 35.1. The highest BCUT2D eigenvalue weighted by atomic mass is 15.1. The summed E-state index contributed by atoms with van der Waals surface area (Å²) in [7, 11) is 0. The molecule has 0 aliphatic heterocycles. The Morgan fingerprint density at radius 1 is 0.283 bits per heavy atom. The summed E-state index contributed by atoms with van der Waals surface area (Å²) in [6.07, 6.45) is 3.91. The number of rotatable bonds is 6. The van der Waals surface area contributed by atoms with Crippen molar-refractivity contribution in [2.24, 2.45) is 0 Å². The fraction of sp³-hybridized carbons (Fsp3) is 0. The van der Waals surface area contributed by atoms with Crippen molar-refractivity contribution in [1.29, 1.82) is 0 Å². The summed E-state index contributed by atoms with van der Waals surface area (Å²) < 4.78 is 0. The highest BCUT2D eigenvalue weighted by Crippen LogP contribution is 2.38. The average Bonchev–Trinajstić information content (AvgIpc) is 3.24. The topological polar surface area (TPSA) is 29.0 Å². The molecule has 0 spiro atoms. The first kappa shape index (κ1) is 30.7. The third-order valence-corrected chi connectivity index (χ3v) is 10.3. The van der Waals surface area contributed by atoms with Crippen LogP contribution in [-0.4, -0.2) is 9.97 Å². The summed E-state index contributed by atoms with van der Waals surface area (Å²) in [5.74, 6) is 0. The molecule has 0 unspecified atom stereocenters. The fourth-order valence-corrected chi connectivity index (χ4v) is 7.49. The molecule has 10 rings (SSSR count). The van der Waals surface area contributed by atoms with Crippen LogP contribution in [0.25, 0.3) is 76.7 Å². The van der Waals surface area contributed by atoms with Crippen LogP contribution in [0.15, 0.2) is 200 Å². The Balaban J connectivity index is 1.02. The van der Waals surface area contributed by atoms with E-state index in [9.17, 15) is 0 Å². The van der Waals surface area contributed by atoms with Crippen molar-refractivity contribution in [3.05, 3.63) is 200 Å². The van der Waals surface area contributed by atoms with Gasteiger partial charge in [-0.1, -0.05) is 133 Å². The number of benzene rings is 8. The first-order valence-electron chi connectivity index (χ1n) is 18.0. The van der Waals surface area contributed by atoms with E-state index < -0.39 is 0 Å². The largest absolute Gasteiger partial charge is 0.311 e. The van der Waals surface area contributed by atoms with E-state index in [0.717, 1.165) is 50.3 Å². The smallest absolute Gasteiger partial charge is 0.0708 e. The van der Waals surface area contributed by atoms with Crippen LogP contribution in [0.5, 0.6) is 0 Å². The monoisotopic (exact) mass is 675 g/mol. The van der Waals surface area contributed by atoms with Crippen molar-refractivity contribution >= 4 is 60.2 Å². The van der Waals surface area contributed by atoms with Crippen LogP contribution in [0, 0.1) is 0 Å². The molecule has 3 nitrogen and oxygen atoms in total. The molecule has 0 bridgehead atoms. The van der Waals surface area contributed by atoms with Gasteiger partial charge < -0.3 is 4.90 Å². The SMILES string of the molecule is c1ccc2cc(-c3ccc(N(c4ccc(-c5ccc6c(ccc7ccccc76)c5)cc4)c4ccc(-c5cc6ccccc6cn5)cc4)cc3)ncc2c1. The zero-order valence-electron chi connectivity index (χ0n) is 28.9. The highest BCUT2D eigenvalue weighted by Gasteiger charge is 2.15. The van der Waals surface area contributed by atoms with Crippen LogP contribution in [0.3, 0.4) is 0 Å². The summed E-state index contributed by atoms with van der Waals surface area (Å²) in [5.41, 5.74) is 9.67. The number of nitrogens with zero attached hydrogens (tertiary/aromatic N) is 3. The molecule has 2 aromatic heterocycles. The normalized spacial score (nSPS) is 11.4. The molecule has 0 saturated heterocycles. The van der Waals surface area contributed by atoms with Gasteiger partial charge in [0.1, 0.15) is 0 Å². The molecule has 0 atom stereocenters. The predicted octanol–water partition coefficient (Wildman–Crippen LogP) is 13.6. The van der Waals surface area contributed by atoms with E-state index in [1.165, 1.54) is 43.4 Å². The highest BCUT2D eigenvalue weighted by molar-refractivity contribution is 6.08. The van der Waals surface area contributed by atoms with Crippen molar-refractivity contribution < 1.29 is 0 Å². The van der Waals surface area contributed by atoms with E-state index in [1.807, 2.05) is 24.5 Å². The van der Waals surface area contributed by atoms with Crippen molar-refractivity contribution in [3.8, 4) is 33.6 Å². The van der Waals surface area contributed by atoms with Crippen LogP contribution in [0.4, 0.5) is 17.1 Å². The van der Waals surface area contributed by atoms with Crippen molar-refractivity contribution in [2.45, 2.75) is 0 Å². The van der Waals surface area contributed by atoms with Gasteiger partial charge >= 0.3 is 0 Å². The van der Waals surface area contributed by atoms with Gasteiger partial charge in [0, 0.05) is 51.4 Å². The molecule has 0 aliphatic carbocycles. The molecule has 8 aromatic carbocycles. The first-order valence-corrected chi connectivity index (χ1v) is 18.0.